The minimum absolute atomic E-state index is 0.200. The maximum absolute atomic E-state index is 11.8. The molecule has 0 spiro atoms. The van der Waals surface area contributed by atoms with Crippen LogP contribution in [0.15, 0.2) is 23.3 Å². The number of ether oxygens (including phenoxy) is 1. The van der Waals surface area contributed by atoms with Crippen LogP contribution in [0.1, 0.15) is 102 Å². The zero-order valence-corrected chi connectivity index (χ0v) is 21.5. The molecule has 0 aliphatic rings. The van der Waals surface area contributed by atoms with Crippen LogP contribution in [-0.2, 0) is 14.3 Å². The lowest BCUT2D eigenvalue weighted by Crippen LogP contribution is -2.24. The highest BCUT2D eigenvalue weighted by Crippen LogP contribution is 2.19. The number of esters is 1. The van der Waals surface area contributed by atoms with Crippen molar-refractivity contribution in [3.05, 3.63) is 23.3 Å². The summed E-state index contributed by atoms with van der Waals surface area (Å²) in [6, 6.07) is 0. The lowest BCUT2D eigenvalue weighted by Gasteiger charge is -2.20. The maximum Gasteiger partial charge on any atom is 0.333 e. The molecule has 0 aromatic heterocycles. The van der Waals surface area contributed by atoms with Gasteiger partial charge in [0.15, 0.2) is 0 Å². The molecule has 4 atom stereocenters. The van der Waals surface area contributed by atoms with Crippen LogP contribution in [0.2, 0.25) is 0 Å². The Kier molecular flexibility index (Phi) is 15.6. The first kappa shape index (κ1) is 30.6. The van der Waals surface area contributed by atoms with E-state index < -0.39 is 11.6 Å². The summed E-state index contributed by atoms with van der Waals surface area (Å²) in [5, 5.41) is 8.65. The summed E-state index contributed by atoms with van der Waals surface area (Å²) < 4.78 is 5.32. The van der Waals surface area contributed by atoms with E-state index in [1.165, 1.54) is 6.42 Å². The van der Waals surface area contributed by atoms with Gasteiger partial charge in [0.1, 0.15) is 5.60 Å². The number of hydrogen-bond donors (Lipinski definition) is 1. The van der Waals surface area contributed by atoms with Gasteiger partial charge in [-0.3, -0.25) is 0 Å². The quantitative estimate of drug-likeness (QED) is 0.292. The van der Waals surface area contributed by atoms with E-state index in [1.54, 1.807) is 6.92 Å². The van der Waals surface area contributed by atoms with Crippen molar-refractivity contribution in [2.75, 3.05) is 0 Å². The highest BCUT2D eigenvalue weighted by Gasteiger charge is 2.18. The Morgan fingerprint density at radius 3 is 1.50 bits per heavy atom. The van der Waals surface area contributed by atoms with Crippen LogP contribution in [0.4, 0.5) is 0 Å². The molecule has 0 aromatic carbocycles. The first-order chi connectivity index (χ1) is 13.6. The molecule has 0 saturated heterocycles. The third kappa shape index (κ3) is 17.3. The average molecular weight is 425 g/mol. The first-order valence-electron chi connectivity index (χ1n) is 11.5. The Morgan fingerprint density at radius 1 is 0.833 bits per heavy atom. The molecule has 0 unspecified atom stereocenters. The predicted molar refractivity (Wildman–Crippen MR) is 127 cm³/mol. The molecular weight excluding hydrogens is 376 g/mol. The molecule has 0 heterocycles. The number of carboxylic acid groups (broad SMARTS) is 1. The Bertz CT molecular complexity index is 566. The normalized spacial score (nSPS) is 16.6. The van der Waals surface area contributed by atoms with E-state index in [0.29, 0.717) is 29.2 Å². The van der Waals surface area contributed by atoms with Crippen LogP contribution in [-0.4, -0.2) is 22.6 Å². The molecule has 1 N–H and O–H groups in total. The Balaban J connectivity index is 0. The van der Waals surface area contributed by atoms with Crippen LogP contribution in [0.3, 0.4) is 0 Å². The fourth-order valence-electron chi connectivity index (χ4n) is 3.09. The van der Waals surface area contributed by atoms with Gasteiger partial charge in [0, 0.05) is 11.1 Å². The summed E-state index contributed by atoms with van der Waals surface area (Å²) in [6.45, 7) is 22.2. The van der Waals surface area contributed by atoms with Crippen molar-refractivity contribution in [3.63, 3.8) is 0 Å². The van der Waals surface area contributed by atoms with E-state index in [1.807, 2.05) is 39.8 Å². The number of hydrogen-bond acceptors (Lipinski definition) is 3. The number of carbonyl (C=O) groups excluding carboxylic acids is 1. The monoisotopic (exact) mass is 424 g/mol. The van der Waals surface area contributed by atoms with Crippen LogP contribution in [0, 0.1) is 23.7 Å². The van der Waals surface area contributed by atoms with Crippen molar-refractivity contribution in [2.24, 2.45) is 23.7 Å². The van der Waals surface area contributed by atoms with Crippen molar-refractivity contribution in [2.45, 2.75) is 107 Å². The first-order valence-corrected chi connectivity index (χ1v) is 11.5. The standard InChI is InChI=1S/C15H28O2.C11H20O2/c1-8-11(2)9-12(3)10-13(4)14(16)17-15(5,6)7;1-5-8(2)6-9(3)7-10(4)11(12)13/h10-12H,8-9H2,1-7H3;7-9H,5-6H2,1-4H3,(H,12,13)/b13-10+;10-7+/t11-,12+;8-,9+/m11/s1. The van der Waals surface area contributed by atoms with Crippen molar-refractivity contribution < 1.29 is 19.4 Å². The Labute approximate surface area is 186 Å². The topological polar surface area (TPSA) is 63.6 Å². The summed E-state index contributed by atoms with van der Waals surface area (Å²) >= 11 is 0. The lowest BCUT2D eigenvalue weighted by atomic mass is 9.94. The zero-order valence-electron chi connectivity index (χ0n) is 21.5. The van der Waals surface area contributed by atoms with Gasteiger partial charge in [-0.2, -0.15) is 0 Å². The second kappa shape index (κ2) is 15.3. The highest BCUT2D eigenvalue weighted by atomic mass is 16.6. The predicted octanol–water partition coefficient (Wildman–Crippen LogP) is 7.44. The van der Waals surface area contributed by atoms with Crippen molar-refractivity contribution in [3.8, 4) is 0 Å². The Morgan fingerprint density at radius 2 is 1.20 bits per heavy atom. The molecule has 176 valence electrons. The molecule has 0 fully saturated rings. The van der Waals surface area contributed by atoms with Crippen LogP contribution in [0.25, 0.3) is 0 Å². The van der Waals surface area contributed by atoms with E-state index >= 15 is 0 Å². The molecule has 0 aliphatic heterocycles. The molecule has 0 amide bonds. The number of carbonyl (C=O) groups is 2. The molecule has 30 heavy (non-hydrogen) atoms. The minimum atomic E-state index is -0.809. The van der Waals surface area contributed by atoms with Crippen molar-refractivity contribution in [1.82, 2.24) is 0 Å². The SMILES string of the molecule is CC[C@@H](C)C[C@H](C)/C=C(\C)C(=O)O.CC[C@@H](C)C[C@H](C)/C=C(\C)C(=O)OC(C)(C)C. The van der Waals surface area contributed by atoms with Gasteiger partial charge in [-0.25, -0.2) is 9.59 Å². The van der Waals surface area contributed by atoms with E-state index in [9.17, 15) is 9.59 Å². The molecule has 0 aliphatic carbocycles. The molecule has 0 radical (unpaired) electrons. The van der Waals surface area contributed by atoms with Crippen molar-refractivity contribution in [1.29, 1.82) is 0 Å². The van der Waals surface area contributed by atoms with Gasteiger partial charge in [-0.15, -0.1) is 0 Å². The lowest BCUT2D eigenvalue weighted by molar-refractivity contribution is -0.149. The van der Waals surface area contributed by atoms with Crippen LogP contribution < -0.4 is 0 Å². The third-order valence-electron chi connectivity index (χ3n) is 5.07. The molecule has 0 aromatic rings. The second-order valence-electron chi connectivity index (χ2n) is 9.96. The summed E-state index contributed by atoms with van der Waals surface area (Å²) in [7, 11) is 0. The van der Waals surface area contributed by atoms with Gasteiger partial charge in [0.05, 0.1) is 0 Å². The number of allylic oxidation sites excluding steroid dienone is 2. The van der Waals surface area contributed by atoms with Gasteiger partial charge in [-0.05, 0) is 71.1 Å². The smallest absolute Gasteiger partial charge is 0.333 e. The molecule has 0 saturated carbocycles. The van der Waals surface area contributed by atoms with Crippen LogP contribution >= 0.6 is 0 Å². The fraction of sp³-hybridized carbons (Fsp3) is 0.769. The second-order valence-corrected chi connectivity index (χ2v) is 9.96. The van der Waals surface area contributed by atoms with Gasteiger partial charge in [-0.1, -0.05) is 66.5 Å². The largest absolute Gasteiger partial charge is 0.478 e. The van der Waals surface area contributed by atoms with E-state index in [2.05, 4.69) is 41.5 Å². The molecular formula is C26H48O4. The summed E-state index contributed by atoms with van der Waals surface area (Å²) in [6.07, 6.45) is 8.40. The minimum Gasteiger partial charge on any atom is -0.478 e. The molecule has 4 nitrogen and oxygen atoms in total. The third-order valence-corrected chi connectivity index (χ3v) is 5.07. The van der Waals surface area contributed by atoms with E-state index in [4.69, 9.17) is 9.84 Å². The molecule has 0 rings (SSSR count). The fourth-order valence-corrected chi connectivity index (χ4v) is 3.09. The van der Waals surface area contributed by atoms with E-state index in [-0.39, 0.29) is 5.97 Å². The number of carboxylic acids is 1. The van der Waals surface area contributed by atoms with Crippen LogP contribution in [0.5, 0.6) is 0 Å². The molecule has 0 bridgehead atoms. The molecule has 4 heteroatoms. The van der Waals surface area contributed by atoms with Gasteiger partial charge in [0.25, 0.3) is 0 Å². The Hall–Kier alpha value is -1.58. The summed E-state index contributed by atoms with van der Waals surface area (Å²) in [5.41, 5.74) is 0.762. The zero-order chi connectivity index (χ0) is 24.1. The van der Waals surface area contributed by atoms with E-state index in [0.717, 1.165) is 24.8 Å². The number of rotatable bonds is 10. The highest BCUT2D eigenvalue weighted by molar-refractivity contribution is 5.88. The van der Waals surface area contributed by atoms with Gasteiger partial charge in [0.2, 0.25) is 0 Å². The summed E-state index contributed by atoms with van der Waals surface area (Å²) in [4.78, 5) is 22.3. The number of aliphatic carboxylic acids is 1. The van der Waals surface area contributed by atoms with Gasteiger partial charge >= 0.3 is 11.9 Å². The summed E-state index contributed by atoms with van der Waals surface area (Å²) in [5.74, 6) is 1.16. The van der Waals surface area contributed by atoms with Gasteiger partial charge < -0.3 is 9.84 Å². The maximum atomic E-state index is 11.8. The average Bonchev–Trinajstić information content (AvgIpc) is 2.59. The van der Waals surface area contributed by atoms with Crippen molar-refractivity contribution >= 4 is 11.9 Å².